The zero-order chi connectivity index (χ0) is 14.3. The van der Waals surface area contributed by atoms with E-state index in [1.165, 1.54) is 5.56 Å². The second-order valence-corrected chi connectivity index (χ2v) is 4.67. The molecule has 102 valence electrons. The van der Waals surface area contributed by atoms with Crippen LogP contribution in [-0.4, -0.2) is 19.6 Å². The van der Waals surface area contributed by atoms with Crippen LogP contribution in [0.1, 0.15) is 37.3 Å². The van der Waals surface area contributed by atoms with E-state index in [4.69, 9.17) is 10.00 Å². The molecule has 0 bridgehead atoms. The molecular formula is C15H20N2O2. The number of methoxy groups -OCH3 is 1. The molecule has 0 atom stereocenters. The molecule has 0 saturated carbocycles. The first-order valence-corrected chi connectivity index (χ1v) is 6.39. The summed E-state index contributed by atoms with van der Waals surface area (Å²) in [6, 6.07) is 7.90. The molecule has 0 saturated heterocycles. The van der Waals surface area contributed by atoms with Crippen molar-refractivity contribution >= 4 is 5.91 Å². The number of nitriles is 1. The smallest absolute Gasteiger partial charge is 0.234 e. The molecule has 0 spiro atoms. The highest BCUT2D eigenvalue weighted by Gasteiger charge is 2.08. The van der Waals surface area contributed by atoms with Crippen LogP contribution in [0.5, 0.6) is 5.75 Å². The van der Waals surface area contributed by atoms with Crippen LogP contribution in [0.15, 0.2) is 18.2 Å². The molecule has 4 nitrogen and oxygen atoms in total. The minimum atomic E-state index is -0.222. The van der Waals surface area contributed by atoms with Gasteiger partial charge >= 0.3 is 0 Å². The van der Waals surface area contributed by atoms with Crippen LogP contribution in [0.2, 0.25) is 0 Å². The maximum Gasteiger partial charge on any atom is 0.234 e. The summed E-state index contributed by atoms with van der Waals surface area (Å²) >= 11 is 0. The molecule has 0 aliphatic carbocycles. The van der Waals surface area contributed by atoms with Crippen LogP contribution in [0.3, 0.4) is 0 Å². The van der Waals surface area contributed by atoms with Crippen molar-refractivity contribution in [3.05, 3.63) is 29.3 Å². The Hall–Kier alpha value is -2.02. The molecule has 0 aliphatic rings. The highest BCUT2D eigenvalue weighted by molar-refractivity contribution is 5.77. The lowest BCUT2D eigenvalue weighted by Crippen LogP contribution is -2.24. The second kappa shape index (κ2) is 7.42. The largest absolute Gasteiger partial charge is 0.496 e. The van der Waals surface area contributed by atoms with E-state index in [-0.39, 0.29) is 12.3 Å². The number of nitrogens with zero attached hydrogens (tertiary/aromatic N) is 1. The van der Waals surface area contributed by atoms with Crippen molar-refractivity contribution in [1.82, 2.24) is 5.32 Å². The Labute approximate surface area is 114 Å². The Balaban J connectivity index is 2.62. The summed E-state index contributed by atoms with van der Waals surface area (Å²) in [4.78, 5) is 11.2. The predicted octanol–water partition coefficient (Wildman–Crippen LogP) is 2.39. The maximum absolute atomic E-state index is 11.2. The Morgan fingerprint density at radius 3 is 2.79 bits per heavy atom. The summed E-state index contributed by atoms with van der Waals surface area (Å²) in [5.41, 5.74) is 2.32. The number of hydrogen-bond acceptors (Lipinski definition) is 3. The van der Waals surface area contributed by atoms with E-state index < -0.39 is 0 Å². The average Bonchev–Trinajstić information content (AvgIpc) is 2.38. The molecular weight excluding hydrogens is 240 g/mol. The first kappa shape index (κ1) is 15.0. The molecule has 0 aromatic heterocycles. The van der Waals surface area contributed by atoms with Gasteiger partial charge in [0.05, 0.1) is 13.2 Å². The number of nitrogens with one attached hydrogen (secondary N) is 1. The van der Waals surface area contributed by atoms with Crippen LogP contribution in [-0.2, 0) is 11.2 Å². The van der Waals surface area contributed by atoms with Crippen LogP contribution in [0.4, 0.5) is 0 Å². The van der Waals surface area contributed by atoms with E-state index in [0.29, 0.717) is 12.5 Å². The monoisotopic (exact) mass is 260 g/mol. The number of hydrogen-bond donors (Lipinski definition) is 1. The minimum absolute atomic E-state index is 0.0835. The number of carbonyl (C=O) groups is 1. The Morgan fingerprint density at radius 2 is 2.21 bits per heavy atom. The number of benzene rings is 1. The number of amides is 1. The van der Waals surface area contributed by atoms with Crippen molar-refractivity contribution in [2.45, 2.75) is 32.6 Å². The highest BCUT2D eigenvalue weighted by Crippen LogP contribution is 2.27. The zero-order valence-electron chi connectivity index (χ0n) is 11.7. The second-order valence-electron chi connectivity index (χ2n) is 4.67. The van der Waals surface area contributed by atoms with E-state index >= 15 is 0 Å². The summed E-state index contributed by atoms with van der Waals surface area (Å²) in [5, 5.41) is 11.1. The molecule has 1 amide bonds. The summed E-state index contributed by atoms with van der Waals surface area (Å²) in [7, 11) is 1.67. The summed E-state index contributed by atoms with van der Waals surface area (Å²) in [6.07, 6.45) is 0.667. The van der Waals surface area contributed by atoms with E-state index in [1.807, 2.05) is 18.2 Å². The van der Waals surface area contributed by atoms with Gasteiger partial charge in [0.2, 0.25) is 5.91 Å². The van der Waals surface area contributed by atoms with Crippen molar-refractivity contribution < 1.29 is 9.53 Å². The Morgan fingerprint density at radius 1 is 1.47 bits per heavy atom. The van der Waals surface area contributed by atoms with Crippen molar-refractivity contribution in [1.29, 1.82) is 5.26 Å². The first-order chi connectivity index (χ1) is 9.08. The van der Waals surface area contributed by atoms with Crippen molar-refractivity contribution in [3.8, 4) is 11.8 Å². The van der Waals surface area contributed by atoms with Crippen molar-refractivity contribution in [2.24, 2.45) is 0 Å². The standard InChI is InChI=1S/C15H20N2O2/c1-11(2)13-10-12(4-5-14(13)19-3)7-9-17-15(18)6-8-16/h4-5,10-11H,6-7,9H2,1-3H3,(H,17,18). The lowest BCUT2D eigenvalue weighted by Gasteiger charge is -2.13. The van der Waals surface area contributed by atoms with Crippen LogP contribution in [0.25, 0.3) is 0 Å². The molecule has 0 unspecified atom stereocenters. The highest BCUT2D eigenvalue weighted by atomic mass is 16.5. The normalized spacial score (nSPS) is 10.1. The fourth-order valence-electron chi connectivity index (χ4n) is 1.87. The van der Waals surface area contributed by atoms with E-state index in [9.17, 15) is 4.79 Å². The summed E-state index contributed by atoms with van der Waals surface area (Å²) < 4.78 is 5.33. The number of rotatable bonds is 6. The molecule has 1 rings (SSSR count). The van der Waals surface area contributed by atoms with Crippen molar-refractivity contribution in [3.63, 3.8) is 0 Å². The van der Waals surface area contributed by atoms with Gasteiger partial charge in [-0.3, -0.25) is 4.79 Å². The summed E-state index contributed by atoms with van der Waals surface area (Å²) in [6.45, 7) is 4.79. The van der Waals surface area contributed by atoms with E-state index in [0.717, 1.165) is 17.7 Å². The number of ether oxygens (including phenoxy) is 1. The topological polar surface area (TPSA) is 62.1 Å². The first-order valence-electron chi connectivity index (χ1n) is 6.39. The molecule has 0 heterocycles. The fourth-order valence-corrected chi connectivity index (χ4v) is 1.87. The number of carbonyl (C=O) groups excluding carboxylic acids is 1. The Bertz CT molecular complexity index is 476. The molecule has 1 aromatic carbocycles. The van der Waals surface area contributed by atoms with E-state index in [1.54, 1.807) is 7.11 Å². The van der Waals surface area contributed by atoms with Gasteiger partial charge in [0.25, 0.3) is 0 Å². The van der Waals surface area contributed by atoms with Gasteiger partial charge in [-0.1, -0.05) is 26.0 Å². The molecule has 0 aliphatic heterocycles. The van der Waals surface area contributed by atoms with Gasteiger partial charge in [0.15, 0.2) is 0 Å². The van der Waals surface area contributed by atoms with Crippen LogP contribution in [0, 0.1) is 11.3 Å². The third-order valence-electron chi connectivity index (χ3n) is 2.89. The fraction of sp³-hybridized carbons (Fsp3) is 0.467. The molecule has 19 heavy (non-hydrogen) atoms. The lowest BCUT2D eigenvalue weighted by atomic mass is 9.98. The third kappa shape index (κ3) is 4.63. The molecule has 0 fully saturated rings. The zero-order valence-corrected chi connectivity index (χ0v) is 11.7. The quantitative estimate of drug-likeness (QED) is 0.854. The maximum atomic E-state index is 11.2. The minimum Gasteiger partial charge on any atom is -0.496 e. The van der Waals surface area contributed by atoms with E-state index in [2.05, 4.69) is 25.2 Å². The third-order valence-corrected chi connectivity index (χ3v) is 2.89. The van der Waals surface area contributed by atoms with Gasteiger partial charge in [-0.2, -0.15) is 5.26 Å². The van der Waals surface area contributed by atoms with Crippen LogP contribution < -0.4 is 10.1 Å². The SMILES string of the molecule is COc1ccc(CCNC(=O)CC#N)cc1C(C)C. The molecule has 1 N–H and O–H groups in total. The van der Waals surface area contributed by atoms with Gasteiger partial charge in [-0.15, -0.1) is 0 Å². The summed E-state index contributed by atoms with van der Waals surface area (Å²) in [5.74, 6) is 1.07. The molecule has 0 radical (unpaired) electrons. The molecule has 4 heteroatoms. The predicted molar refractivity (Wildman–Crippen MR) is 74.0 cm³/mol. The lowest BCUT2D eigenvalue weighted by molar-refractivity contribution is -0.120. The van der Waals surface area contributed by atoms with Gasteiger partial charge in [-0.05, 0) is 29.5 Å². The van der Waals surface area contributed by atoms with Gasteiger partial charge in [-0.25, -0.2) is 0 Å². The molecule has 1 aromatic rings. The van der Waals surface area contributed by atoms with Crippen molar-refractivity contribution in [2.75, 3.05) is 13.7 Å². The van der Waals surface area contributed by atoms with Gasteiger partial charge in [0, 0.05) is 6.54 Å². The van der Waals surface area contributed by atoms with Gasteiger partial charge in [0.1, 0.15) is 12.2 Å². The van der Waals surface area contributed by atoms with Crippen LogP contribution >= 0.6 is 0 Å². The Kier molecular flexibility index (Phi) is 5.87. The van der Waals surface area contributed by atoms with Gasteiger partial charge < -0.3 is 10.1 Å². The average molecular weight is 260 g/mol.